The second kappa shape index (κ2) is 7.17. The largest absolute Gasteiger partial charge is 0.493 e. The molecule has 1 aliphatic carbocycles. The van der Waals surface area contributed by atoms with Crippen LogP contribution in [0.15, 0.2) is 30.6 Å². The summed E-state index contributed by atoms with van der Waals surface area (Å²) in [6.07, 6.45) is 7.26. The molecular formula is C17H21N3O3. The minimum atomic E-state index is 0.167. The normalized spacial score (nSPS) is 15.2. The Hall–Kier alpha value is -2.50. The predicted molar refractivity (Wildman–Crippen MR) is 87.0 cm³/mol. The number of hydrogen-bond acceptors (Lipinski definition) is 6. The van der Waals surface area contributed by atoms with Gasteiger partial charge in [0.15, 0.2) is 17.2 Å². The van der Waals surface area contributed by atoms with Gasteiger partial charge in [-0.3, -0.25) is 0 Å². The van der Waals surface area contributed by atoms with Crippen molar-refractivity contribution < 1.29 is 14.2 Å². The number of para-hydroxylation sites is 2. The van der Waals surface area contributed by atoms with E-state index in [1.807, 2.05) is 18.2 Å². The van der Waals surface area contributed by atoms with Gasteiger partial charge >= 0.3 is 0 Å². The smallest absolute Gasteiger partial charge is 0.250 e. The second-order valence-electron chi connectivity index (χ2n) is 5.53. The van der Waals surface area contributed by atoms with Crippen LogP contribution in [-0.4, -0.2) is 23.2 Å². The van der Waals surface area contributed by atoms with Crippen LogP contribution in [0.4, 0.5) is 5.69 Å². The lowest BCUT2D eigenvalue weighted by Crippen LogP contribution is -2.21. The summed E-state index contributed by atoms with van der Waals surface area (Å²) in [4.78, 5) is 8.26. The number of ether oxygens (including phenoxy) is 3. The zero-order valence-electron chi connectivity index (χ0n) is 13.2. The maximum atomic E-state index is 6.12. The first kappa shape index (κ1) is 15.4. The first-order valence-corrected chi connectivity index (χ1v) is 7.86. The molecule has 122 valence electrons. The van der Waals surface area contributed by atoms with Gasteiger partial charge in [-0.2, -0.15) is 9.97 Å². The Kier molecular flexibility index (Phi) is 4.80. The number of anilines is 1. The molecule has 0 atom stereocenters. The van der Waals surface area contributed by atoms with Crippen LogP contribution in [0.3, 0.4) is 0 Å². The first-order chi connectivity index (χ1) is 11.3. The molecule has 0 radical (unpaired) electrons. The third kappa shape index (κ3) is 3.64. The molecule has 0 aliphatic heterocycles. The van der Waals surface area contributed by atoms with E-state index in [2.05, 4.69) is 9.97 Å². The summed E-state index contributed by atoms with van der Waals surface area (Å²) in [6.45, 7) is 0. The molecule has 1 aromatic heterocycles. The van der Waals surface area contributed by atoms with Crippen LogP contribution in [-0.2, 0) is 0 Å². The molecule has 23 heavy (non-hydrogen) atoms. The molecule has 0 bridgehead atoms. The number of nitrogens with two attached hydrogens (primary N) is 1. The minimum absolute atomic E-state index is 0.167. The van der Waals surface area contributed by atoms with Gasteiger partial charge in [-0.25, -0.2) is 0 Å². The average Bonchev–Trinajstić information content (AvgIpc) is 2.60. The fourth-order valence-corrected chi connectivity index (χ4v) is 2.69. The van der Waals surface area contributed by atoms with Gasteiger partial charge in [0.05, 0.1) is 7.11 Å². The summed E-state index contributed by atoms with van der Waals surface area (Å²) in [5, 5.41) is 0. The quantitative estimate of drug-likeness (QED) is 0.908. The van der Waals surface area contributed by atoms with Crippen LogP contribution >= 0.6 is 0 Å². The Morgan fingerprint density at radius 3 is 2.43 bits per heavy atom. The van der Waals surface area contributed by atoms with Gasteiger partial charge in [0.2, 0.25) is 11.8 Å². The molecule has 2 aromatic rings. The maximum absolute atomic E-state index is 6.12. The number of aromatic nitrogens is 2. The van der Waals surface area contributed by atoms with Crippen molar-refractivity contribution in [1.29, 1.82) is 0 Å². The second-order valence-corrected chi connectivity index (χ2v) is 5.53. The summed E-state index contributed by atoms with van der Waals surface area (Å²) in [5.41, 5.74) is 6.43. The monoisotopic (exact) mass is 315 g/mol. The molecule has 1 saturated carbocycles. The lowest BCUT2D eigenvalue weighted by molar-refractivity contribution is 0.149. The van der Waals surface area contributed by atoms with Crippen molar-refractivity contribution in [1.82, 2.24) is 9.97 Å². The summed E-state index contributed by atoms with van der Waals surface area (Å²) < 4.78 is 17.0. The third-order valence-electron chi connectivity index (χ3n) is 3.92. The predicted octanol–water partition coefficient (Wildman–Crippen LogP) is 3.57. The molecule has 6 heteroatoms. The number of rotatable bonds is 5. The Balaban J connectivity index is 1.79. The molecule has 0 saturated heterocycles. The van der Waals surface area contributed by atoms with Crippen LogP contribution in [0.2, 0.25) is 0 Å². The van der Waals surface area contributed by atoms with E-state index in [9.17, 15) is 0 Å². The lowest BCUT2D eigenvalue weighted by Gasteiger charge is -2.23. The Morgan fingerprint density at radius 1 is 1.00 bits per heavy atom. The zero-order valence-corrected chi connectivity index (χ0v) is 13.2. The Labute approximate surface area is 135 Å². The standard InChI is InChI=1S/C17H21N3O3/c1-21-13-9-5-6-10-14(13)23-17-15(18)16(19-11-20-17)22-12-7-3-2-4-8-12/h5-6,9-12H,2-4,7-8,18H2,1H3. The van der Waals surface area contributed by atoms with Gasteiger partial charge in [-0.05, 0) is 37.8 Å². The van der Waals surface area contributed by atoms with Gasteiger partial charge in [-0.15, -0.1) is 0 Å². The molecule has 0 spiro atoms. The van der Waals surface area contributed by atoms with Crippen LogP contribution in [0.1, 0.15) is 32.1 Å². The fourth-order valence-electron chi connectivity index (χ4n) is 2.69. The van der Waals surface area contributed by atoms with Crippen molar-refractivity contribution in [3.8, 4) is 23.3 Å². The fraction of sp³-hybridized carbons (Fsp3) is 0.412. The van der Waals surface area contributed by atoms with Gasteiger partial charge in [0, 0.05) is 0 Å². The number of hydrogen-bond donors (Lipinski definition) is 1. The number of methoxy groups -OCH3 is 1. The first-order valence-electron chi connectivity index (χ1n) is 7.86. The number of nitrogens with zero attached hydrogens (tertiary/aromatic N) is 2. The van der Waals surface area contributed by atoms with Crippen LogP contribution in [0, 0.1) is 0 Å². The highest BCUT2D eigenvalue weighted by molar-refractivity contribution is 5.57. The third-order valence-corrected chi connectivity index (χ3v) is 3.92. The van der Waals surface area contributed by atoms with E-state index >= 15 is 0 Å². The lowest BCUT2D eigenvalue weighted by atomic mass is 9.98. The van der Waals surface area contributed by atoms with E-state index in [4.69, 9.17) is 19.9 Å². The maximum Gasteiger partial charge on any atom is 0.250 e. The summed E-state index contributed by atoms with van der Waals surface area (Å²) in [7, 11) is 1.59. The highest BCUT2D eigenvalue weighted by Gasteiger charge is 2.19. The molecule has 1 aromatic carbocycles. The molecule has 0 unspecified atom stereocenters. The molecule has 3 rings (SSSR count). The molecule has 1 aliphatic rings. The zero-order chi connectivity index (χ0) is 16.1. The molecule has 1 fully saturated rings. The van der Waals surface area contributed by atoms with E-state index in [0.717, 1.165) is 12.8 Å². The summed E-state index contributed by atoms with van der Waals surface area (Å²) in [5.74, 6) is 1.82. The van der Waals surface area contributed by atoms with E-state index < -0.39 is 0 Å². The Morgan fingerprint density at radius 2 is 1.70 bits per heavy atom. The molecular weight excluding hydrogens is 294 g/mol. The van der Waals surface area contributed by atoms with E-state index in [0.29, 0.717) is 23.1 Å². The average molecular weight is 315 g/mol. The van der Waals surface area contributed by atoms with E-state index in [-0.39, 0.29) is 12.0 Å². The van der Waals surface area contributed by atoms with Crippen LogP contribution < -0.4 is 19.9 Å². The molecule has 6 nitrogen and oxygen atoms in total. The number of nitrogen functional groups attached to an aromatic ring is 1. The summed E-state index contributed by atoms with van der Waals surface area (Å²) in [6, 6.07) is 7.33. The molecule has 2 N–H and O–H groups in total. The molecule has 0 amide bonds. The highest BCUT2D eigenvalue weighted by Crippen LogP contribution is 2.36. The van der Waals surface area contributed by atoms with Crippen molar-refractivity contribution in [2.45, 2.75) is 38.2 Å². The van der Waals surface area contributed by atoms with Crippen molar-refractivity contribution in [2.75, 3.05) is 12.8 Å². The van der Waals surface area contributed by atoms with Crippen LogP contribution in [0.5, 0.6) is 23.3 Å². The number of benzene rings is 1. The Bertz CT molecular complexity index is 657. The SMILES string of the molecule is COc1ccccc1Oc1ncnc(OC2CCCCC2)c1N. The highest BCUT2D eigenvalue weighted by atomic mass is 16.5. The van der Waals surface area contributed by atoms with Crippen molar-refractivity contribution in [3.05, 3.63) is 30.6 Å². The molecule has 1 heterocycles. The van der Waals surface area contributed by atoms with Gasteiger partial charge in [0.1, 0.15) is 12.4 Å². The van der Waals surface area contributed by atoms with Crippen molar-refractivity contribution >= 4 is 5.69 Å². The summed E-state index contributed by atoms with van der Waals surface area (Å²) >= 11 is 0. The van der Waals surface area contributed by atoms with E-state index in [1.54, 1.807) is 13.2 Å². The topological polar surface area (TPSA) is 79.5 Å². The van der Waals surface area contributed by atoms with Crippen molar-refractivity contribution in [2.24, 2.45) is 0 Å². The van der Waals surface area contributed by atoms with Gasteiger partial charge in [0.25, 0.3) is 0 Å². The van der Waals surface area contributed by atoms with Crippen LogP contribution in [0.25, 0.3) is 0 Å². The minimum Gasteiger partial charge on any atom is -0.493 e. The van der Waals surface area contributed by atoms with Gasteiger partial charge in [-0.1, -0.05) is 18.6 Å². The van der Waals surface area contributed by atoms with E-state index in [1.165, 1.54) is 25.6 Å². The van der Waals surface area contributed by atoms with Crippen molar-refractivity contribution in [3.63, 3.8) is 0 Å². The van der Waals surface area contributed by atoms with Gasteiger partial charge < -0.3 is 19.9 Å².